The van der Waals surface area contributed by atoms with Gasteiger partial charge in [-0.3, -0.25) is 4.68 Å². The minimum atomic E-state index is -3.54. The standard InChI is InChI=1S/C12H24N4O3S/c1-10(2)13-5-6-16-8-12(7-14-16)20(17,18)15-11(3)9-19-4/h7-8,10-11,13,15H,5-6,9H2,1-4H3. The van der Waals surface area contributed by atoms with Gasteiger partial charge in [-0.05, 0) is 6.92 Å². The maximum absolute atomic E-state index is 12.1. The average Bonchev–Trinajstić information content (AvgIpc) is 2.77. The molecule has 1 unspecified atom stereocenters. The van der Waals surface area contributed by atoms with Crippen LogP contribution in [0.4, 0.5) is 0 Å². The largest absolute Gasteiger partial charge is 0.383 e. The summed E-state index contributed by atoms with van der Waals surface area (Å²) in [7, 11) is -2.00. The van der Waals surface area contributed by atoms with E-state index in [1.807, 2.05) is 0 Å². The van der Waals surface area contributed by atoms with Gasteiger partial charge in [-0.25, -0.2) is 13.1 Å². The third-order valence-electron chi connectivity index (χ3n) is 2.59. The number of nitrogens with zero attached hydrogens (tertiary/aromatic N) is 2. The highest BCUT2D eigenvalue weighted by Gasteiger charge is 2.19. The minimum absolute atomic E-state index is 0.171. The van der Waals surface area contributed by atoms with Crippen molar-refractivity contribution in [2.45, 2.75) is 44.3 Å². The van der Waals surface area contributed by atoms with E-state index >= 15 is 0 Å². The van der Waals surface area contributed by atoms with Crippen molar-refractivity contribution in [1.29, 1.82) is 0 Å². The Morgan fingerprint density at radius 3 is 2.70 bits per heavy atom. The second-order valence-corrected chi connectivity index (χ2v) is 6.74. The van der Waals surface area contributed by atoms with Crippen molar-refractivity contribution in [2.75, 3.05) is 20.3 Å². The summed E-state index contributed by atoms with van der Waals surface area (Å²) >= 11 is 0. The van der Waals surface area contributed by atoms with Crippen molar-refractivity contribution in [3.63, 3.8) is 0 Å². The van der Waals surface area contributed by atoms with Crippen molar-refractivity contribution >= 4 is 10.0 Å². The Labute approximate surface area is 120 Å². The number of aromatic nitrogens is 2. The van der Waals surface area contributed by atoms with Gasteiger partial charge in [0.2, 0.25) is 10.0 Å². The third kappa shape index (κ3) is 5.58. The fourth-order valence-electron chi connectivity index (χ4n) is 1.69. The van der Waals surface area contributed by atoms with Crippen LogP contribution in [0.1, 0.15) is 20.8 Å². The number of hydrogen-bond acceptors (Lipinski definition) is 5. The van der Waals surface area contributed by atoms with Crippen LogP contribution < -0.4 is 10.0 Å². The molecule has 0 aliphatic heterocycles. The molecular weight excluding hydrogens is 280 g/mol. The van der Waals surface area contributed by atoms with Gasteiger partial charge in [0.25, 0.3) is 0 Å². The second kappa shape index (κ2) is 7.72. The molecule has 0 aliphatic rings. The summed E-state index contributed by atoms with van der Waals surface area (Å²) in [4.78, 5) is 0.171. The molecule has 1 aromatic rings. The highest BCUT2D eigenvalue weighted by atomic mass is 32.2. The van der Waals surface area contributed by atoms with Crippen molar-refractivity contribution in [3.05, 3.63) is 12.4 Å². The summed E-state index contributed by atoms with van der Waals surface area (Å²) in [6, 6.07) is 0.112. The Morgan fingerprint density at radius 2 is 2.10 bits per heavy atom. The maximum atomic E-state index is 12.1. The first-order valence-corrected chi connectivity index (χ1v) is 8.10. The molecule has 116 valence electrons. The van der Waals surface area contributed by atoms with Gasteiger partial charge in [0.05, 0.1) is 19.3 Å². The summed E-state index contributed by atoms with van der Waals surface area (Å²) in [5.74, 6) is 0. The van der Waals surface area contributed by atoms with E-state index in [9.17, 15) is 8.42 Å². The van der Waals surface area contributed by atoms with E-state index in [0.29, 0.717) is 19.2 Å². The zero-order valence-electron chi connectivity index (χ0n) is 12.5. The first-order valence-electron chi connectivity index (χ1n) is 6.62. The van der Waals surface area contributed by atoms with Crippen LogP contribution in [-0.2, 0) is 21.3 Å². The van der Waals surface area contributed by atoms with Gasteiger partial charge in [0, 0.05) is 31.9 Å². The van der Waals surface area contributed by atoms with Gasteiger partial charge in [0.15, 0.2) is 0 Å². The number of methoxy groups -OCH3 is 1. The SMILES string of the molecule is COCC(C)NS(=O)(=O)c1cnn(CCNC(C)C)c1. The van der Waals surface area contributed by atoms with Crippen LogP contribution in [0, 0.1) is 0 Å². The molecule has 0 spiro atoms. The molecule has 1 heterocycles. The second-order valence-electron chi connectivity index (χ2n) is 5.03. The first-order chi connectivity index (χ1) is 9.35. The van der Waals surface area contributed by atoms with Crippen LogP contribution in [0.5, 0.6) is 0 Å². The normalized spacial score (nSPS) is 13.8. The van der Waals surface area contributed by atoms with Crippen molar-refractivity contribution < 1.29 is 13.2 Å². The Bertz CT molecular complexity index is 499. The van der Waals surface area contributed by atoms with Gasteiger partial charge in [-0.15, -0.1) is 0 Å². The zero-order valence-corrected chi connectivity index (χ0v) is 13.3. The lowest BCUT2D eigenvalue weighted by Gasteiger charge is -2.11. The molecule has 0 amide bonds. The lowest BCUT2D eigenvalue weighted by atomic mass is 10.4. The third-order valence-corrected chi connectivity index (χ3v) is 4.13. The number of nitrogens with one attached hydrogen (secondary N) is 2. The predicted molar refractivity (Wildman–Crippen MR) is 77.0 cm³/mol. The Kier molecular flexibility index (Phi) is 6.60. The van der Waals surface area contributed by atoms with Crippen molar-refractivity contribution in [1.82, 2.24) is 19.8 Å². The van der Waals surface area contributed by atoms with E-state index in [4.69, 9.17) is 4.74 Å². The molecule has 8 heteroatoms. The molecule has 1 atom stereocenters. The van der Waals surface area contributed by atoms with Crippen LogP contribution >= 0.6 is 0 Å². The molecule has 0 saturated heterocycles. The molecule has 0 aromatic carbocycles. The summed E-state index contributed by atoms with van der Waals surface area (Å²) in [5.41, 5.74) is 0. The summed E-state index contributed by atoms with van der Waals surface area (Å²) in [6.07, 6.45) is 2.89. The van der Waals surface area contributed by atoms with Gasteiger partial charge < -0.3 is 10.1 Å². The molecule has 0 radical (unpaired) electrons. The molecule has 0 saturated carbocycles. The number of ether oxygens (including phenoxy) is 1. The highest BCUT2D eigenvalue weighted by Crippen LogP contribution is 2.07. The molecule has 20 heavy (non-hydrogen) atoms. The van der Waals surface area contributed by atoms with Crippen LogP contribution in [-0.4, -0.2) is 50.5 Å². The van der Waals surface area contributed by atoms with E-state index in [0.717, 1.165) is 6.54 Å². The number of rotatable bonds is 9. The Balaban J connectivity index is 2.61. The number of hydrogen-bond donors (Lipinski definition) is 2. The summed E-state index contributed by atoms with van der Waals surface area (Å²) in [6.45, 7) is 7.55. The van der Waals surface area contributed by atoms with E-state index in [-0.39, 0.29) is 10.9 Å². The summed E-state index contributed by atoms with van der Waals surface area (Å²) in [5, 5.41) is 7.31. The quantitative estimate of drug-likeness (QED) is 0.680. The molecular formula is C12H24N4O3S. The molecule has 0 aliphatic carbocycles. The van der Waals surface area contributed by atoms with Gasteiger partial charge in [-0.1, -0.05) is 13.8 Å². The van der Waals surface area contributed by atoms with E-state index in [1.165, 1.54) is 19.5 Å². The minimum Gasteiger partial charge on any atom is -0.383 e. The molecule has 1 aromatic heterocycles. The zero-order chi connectivity index (χ0) is 15.2. The monoisotopic (exact) mass is 304 g/mol. The van der Waals surface area contributed by atoms with Crippen molar-refractivity contribution in [2.24, 2.45) is 0 Å². The van der Waals surface area contributed by atoms with Crippen LogP contribution in [0.2, 0.25) is 0 Å². The smallest absolute Gasteiger partial charge is 0.244 e. The van der Waals surface area contributed by atoms with Gasteiger partial charge >= 0.3 is 0 Å². The molecule has 0 fully saturated rings. The van der Waals surface area contributed by atoms with E-state index in [2.05, 4.69) is 29.0 Å². The predicted octanol–water partition coefficient (Wildman–Crippen LogP) is 0.194. The van der Waals surface area contributed by atoms with E-state index < -0.39 is 10.0 Å². The topological polar surface area (TPSA) is 85.2 Å². The lowest BCUT2D eigenvalue weighted by molar-refractivity contribution is 0.180. The molecule has 0 bridgehead atoms. The van der Waals surface area contributed by atoms with Gasteiger partial charge in [0.1, 0.15) is 4.90 Å². The molecule has 2 N–H and O–H groups in total. The maximum Gasteiger partial charge on any atom is 0.244 e. The molecule has 7 nitrogen and oxygen atoms in total. The molecule has 1 rings (SSSR count). The van der Waals surface area contributed by atoms with Crippen molar-refractivity contribution in [3.8, 4) is 0 Å². The van der Waals surface area contributed by atoms with Crippen LogP contribution in [0.15, 0.2) is 17.3 Å². The number of sulfonamides is 1. The Hall–Kier alpha value is -0.960. The first kappa shape index (κ1) is 17.1. The summed E-state index contributed by atoms with van der Waals surface area (Å²) < 4.78 is 33.2. The highest BCUT2D eigenvalue weighted by molar-refractivity contribution is 7.89. The van der Waals surface area contributed by atoms with Crippen LogP contribution in [0.25, 0.3) is 0 Å². The Morgan fingerprint density at radius 1 is 1.40 bits per heavy atom. The fraction of sp³-hybridized carbons (Fsp3) is 0.750. The van der Waals surface area contributed by atoms with Crippen LogP contribution in [0.3, 0.4) is 0 Å². The fourth-order valence-corrected chi connectivity index (χ4v) is 2.87. The van der Waals surface area contributed by atoms with E-state index in [1.54, 1.807) is 11.6 Å². The lowest BCUT2D eigenvalue weighted by Crippen LogP contribution is -2.35. The average molecular weight is 304 g/mol. The van der Waals surface area contributed by atoms with Gasteiger partial charge in [-0.2, -0.15) is 5.10 Å².